The quantitative estimate of drug-likeness (QED) is 0.779. The Morgan fingerprint density at radius 1 is 1.26 bits per heavy atom. The Balaban J connectivity index is 2.07. The van der Waals surface area contributed by atoms with E-state index < -0.39 is 0 Å². The van der Waals surface area contributed by atoms with E-state index in [2.05, 4.69) is 16.5 Å². The topological polar surface area (TPSA) is 43.0 Å². The molecule has 1 aromatic carbocycles. The molecule has 4 heteroatoms. The Labute approximate surface area is 112 Å². The molecule has 0 bridgehead atoms. The van der Waals surface area contributed by atoms with Crippen molar-refractivity contribution in [1.29, 1.82) is 0 Å². The normalized spacial score (nSPS) is 11.3. The lowest BCUT2D eigenvalue weighted by atomic mass is 10.1. The van der Waals surface area contributed by atoms with Crippen molar-refractivity contribution >= 4 is 11.0 Å². The minimum absolute atomic E-state index is 0.671. The number of aryl methyl sites for hydroxylation is 1. The first-order chi connectivity index (χ1) is 9.29. The van der Waals surface area contributed by atoms with Crippen molar-refractivity contribution in [2.24, 2.45) is 0 Å². The van der Waals surface area contributed by atoms with E-state index in [-0.39, 0.29) is 0 Å². The van der Waals surface area contributed by atoms with Gasteiger partial charge in [-0.1, -0.05) is 18.2 Å². The fourth-order valence-electron chi connectivity index (χ4n) is 2.35. The highest BCUT2D eigenvalue weighted by Crippen LogP contribution is 2.26. The number of rotatable bonds is 4. The second-order valence-electron chi connectivity index (χ2n) is 4.66. The van der Waals surface area contributed by atoms with Crippen molar-refractivity contribution < 1.29 is 4.42 Å². The first kappa shape index (κ1) is 12.0. The van der Waals surface area contributed by atoms with Crippen molar-refractivity contribution in [1.82, 2.24) is 15.1 Å². The van der Waals surface area contributed by atoms with Crippen molar-refractivity contribution in [3.63, 3.8) is 0 Å². The predicted molar refractivity (Wildman–Crippen MR) is 75.0 cm³/mol. The lowest BCUT2D eigenvalue weighted by Gasteiger charge is -2.05. The van der Waals surface area contributed by atoms with Crippen molar-refractivity contribution in [3.05, 3.63) is 53.5 Å². The molecule has 0 spiro atoms. The highest BCUT2D eigenvalue weighted by atomic mass is 16.3. The largest absolute Gasteiger partial charge is 0.459 e. The van der Waals surface area contributed by atoms with E-state index in [0.29, 0.717) is 6.54 Å². The third-order valence-corrected chi connectivity index (χ3v) is 3.36. The number of para-hydroxylation sites is 1. The number of aromatic nitrogens is 2. The van der Waals surface area contributed by atoms with Crippen LogP contribution in [0.5, 0.6) is 0 Å². The van der Waals surface area contributed by atoms with Gasteiger partial charge in [0, 0.05) is 29.4 Å². The molecule has 0 aliphatic carbocycles. The summed E-state index contributed by atoms with van der Waals surface area (Å²) in [4.78, 5) is 0. The molecule has 0 saturated carbocycles. The third-order valence-electron chi connectivity index (χ3n) is 3.36. The van der Waals surface area contributed by atoms with Crippen molar-refractivity contribution in [2.45, 2.75) is 20.0 Å². The Bertz CT molecular complexity index is 696. The van der Waals surface area contributed by atoms with Gasteiger partial charge in [-0.25, -0.2) is 0 Å². The van der Waals surface area contributed by atoms with Crippen LogP contribution in [0.4, 0.5) is 0 Å². The summed E-state index contributed by atoms with van der Waals surface area (Å²) in [5, 5.41) is 8.70. The van der Waals surface area contributed by atoms with Gasteiger partial charge in [0.15, 0.2) is 0 Å². The summed E-state index contributed by atoms with van der Waals surface area (Å²) < 4.78 is 7.93. The lowest BCUT2D eigenvalue weighted by molar-refractivity contribution is 0.497. The predicted octanol–water partition coefficient (Wildman–Crippen LogP) is 2.71. The van der Waals surface area contributed by atoms with Crippen LogP contribution in [0.25, 0.3) is 11.0 Å². The van der Waals surface area contributed by atoms with Crippen LogP contribution in [0.15, 0.2) is 40.9 Å². The number of hydrogen-bond acceptors (Lipinski definition) is 3. The zero-order chi connectivity index (χ0) is 13.2. The van der Waals surface area contributed by atoms with Crippen molar-refractivity contribution in [2.75, 3.05) is 7.05 Å². The number of fused-ring (bicyclic) bond motifs is 1. The molecule has 0 radical (unpaired) electrons. The maximum atomic E-state index is 5.98. The number of nitrogens with zero attached hydrogens (tertiary/aromatic N) is 2. The molecule has 98 valence electrons. The molecule has 2 aromatic heterocycles. The van der Waals surface area contributed by atoms with Gasteiger partial charge < -0.3 is 9.73 Å². The lowest BCUT2D eigenvalue weighted by Crippen LogP contribution is -2.09. The molecule has 0 fully saturated rings. The highest BCUT2D eigenvalue weighted by Gasteiger charge is 2.14. The Hall–Kier alpha value is -2.07. The van der Waals surface area contributed by atoms with E-state index in [4.69, 9.17) is 4.42 Å². The smallest absolute Gasteiger partial charge is 0.134 e. The molecule has 4 nitrogen and oxygen atoms in total. The van der Waals surface area contributed by atoms with E-state index in [0.717, 1.165) is 23.6 Å². The number of furan rings is 1. The fraction of sp³-hybridized carbons (Fsp3) is 0.267. The average molecular weight is 255 g/mol. The zero-order valence-electron chi connectivity index (χ0n) is 11.2. The molecule has 0 amide bonds. The molecule has 0 saturated heterocycles. The second-order valence-corrected chi connectivity index (χ2v) is 4.66. The summed E-state index contributed by atoms with van der Waals surface area (Å²) in [6, 6.07) is 10.1. The molecular formula is C15H17N3O. The third kappa shape index (κ3) is 2.15. The summed E-state index contributed by atoms with van der Waals surface area (Å²) in [7, 11) is 1.95. The van der Waals surface area contributed by atoms with Crippen LogP contribution < -0.4 is 5.32 Å². The second kappa shape index (κ2) is 4.90. The SMILES string of the molecule is CNCc1c(Cn2nccc2C)oc2ccccc12. The highest BCUT2D eigenvalue weighted by molar-refractivity contribution is 5.82. The standard InChI is InChI=1S/C15H17N3O/c1-11-7-8-17-18(11)10-15-13(9-16-2)12-5-3-4-6-14(12)19-15/h3-8,16H,9-10H2,1-2H3. The molecule has 1 N–H and O–H groups in total. The molecule has 19 heavy (non-hydrogen) atoms. The molecule has 3 aromatic rings. The van der Waals surface area contributed by atoms with Gasteiger partial charge in [0.1, 0.15) is 11.3 Å². The average Bonchev–Trinajstić information content (AvgIpc) is 2.96. The van der Waals surface area contributed by atoms with Gasteiger partial charge in [0.2, 0.25) is 0 Å². The van der Waals surface area contributed by atoms with Crippen LogP contribution in [-0.2, 0) is 13.1 Å². The summed E-state index contributed by atoms with van der Waals surface area (Å²) >= 11 is 0. The first-order valence-electron chi connectivity index (χ1n) is 6.42. The van der Waals surface area contributed by atoms with E-state index >= 15 is 0 Å². The monoisotopic (exact) mass is 255 g/mol. The maximum Gasteiger partial charge on any atom is 0.134 e. The van der Waals surface area contributed by atoms with E-state index in [1.54, 1.807) is 0 Å². The summed E-state index contributed by atoms with van der Waals surface area (Å²) in [5.74, 6) is 0.974. The summed E-state index contributed by atoms with van der Waals surface area (Å²) in [5.41, 5.74) is 3.29. The molecule has 0 aliphatic rings. The molecule has 2 heterocycles. The van der Waals surface area contributed by atoms with Gasteiger partial charge in [-0.3, -0.25) is 4.68 Å². The Kier molecular flexibility index (Phi) is 3.09. The molecule has 3 rings (SSSR count). The number of hydrogen-bond donors (Lipinski definition) is 1. The van der Waals surface area contributed by atoms with Gasteiger partial charge in [-0.15, -0.1) is 0 Å². The van der Waals surface area contributed by atoms with Crippen LogP contribution in [0.1, 0.15) is 17.0 Å². The number of benzene rings is 1. The van der Waals surface area contributed by atoms with Gasteiger partial charge in [0.25, 0.3) is 0 Å². The van der Waals surface area contributed by atoms with Gasteiger partial charge in [0.05, 0.1) is 6.54 Å². The van der Waals surface area contributed by atoms with Crippen LogP contribution >= 0.6 is 0 Å². The first-order valence-corrected chi connectivity index (χ1v) is 6.42. The van der Waals surface area contributed by atoms with Crippen LogP contribution in [0, 0.1) is 6.92 Å². The van der Waals surface area contributed by atoms with E-state index in [1.807, 2.05) is 49.1 Å². The minimum Gasteiger partial charge on any atom is -0.459 e. The van der Waals surface area contributed by atoms with Gasteiger partial charge >= 0.3 is 0 Å². The summed E-state index contributed by atoms with van der Waals surface area (Å²) in [6.07, 6.45) is 1.82. The zero-order valence-corrected chi connectivity index (χ0v) is 11.2. The van der Waals surface area contributed by atoms with Crippen molar-refractivity contribution in [3.8, 4) is 0 Å². The summed E-state index contributed by atoms with van der Waals surface area (Å²) in [6.45, 7) is 3.52. The molecular weight excluding hydrogens is 238 g/mol. The van der Waals surface area contributed by atoms with Gasteiger partial charge in [-0.05, 0) is 26.1 Å². The van der Waals surface area contributed by atoms with Crippen LogP contribution in [0.2, 0.25) is 0 Å². The Morgan fingerprint density at radius 3 is 2.84 bits per heavy atom. The number of nitrogens with one attached hydrogen (secondary N) is 1. The van der Waals surface area contributed by atoms with E-state index in [1.165, 1.54) is 10.9 Å². The Morgan fingerprint density at radius 2 is 2.11 bits per heavy atom. The molecule has 0 aliphatic heterocycles. The minimum atomic E-state index is 0.671. The molecule has 0 atom stereocenters. The van der Waals surface area contributed by atoms with Crippen LogP contribution in [0.3, 0.4) is 0 Å². The van der Waals surface area contributed by atoms with Gasteiger partial charge in [-0.2, -0.15) is 5.10 Å². The fourth-order valence-corrected chi connectivity index (χ4v) is 2.35. The maximum absolute atomic E-state index is 5.98. The molecule has 0 unspecified atom stereocenters. The van der Waals surface area contributed by atoms with E-state index in [9.17, 15) is 0 Å². The van der Waals surface area contributed by atoms with Crippen LogP contribution in [-0.4, -0.2) is 16.8 Å².